The van der Waals surface area contributed by atoms with E-state index in [0.717, 1.165) is 11.8 Å². The molecular weight excluding hydrogens is 221 g/mol. The Morgan fingerprint density at radius 3 is 2.71 bits per heavy atom. The van der Waals surface area contributed by atoms with Gasteiger partial charge in [0.1, 0.15) is 5.82 Å². The number of carbonyl (C=O) groups is 1. The first kappa shape index (κ1) is 11.3. The van der Waals surface area contributed by atoms with Crippen LogP contribution in [-0.2, 0) is 0 Å². The molecule has 0 unspecified atom stereocenters. The number of aromatic nitrogens is 1. The van der Waals surface area contributed by atoms with E-state index < -0.39 is 11.8 Å². The first-order valence-corrected chi connectivity index (χ1v) is 5.03. The van der Waals surface area contributed by atoms with Gasteiger partial charge in [-0.15, -0.1) is 0 Å². The number of hydrogen-bond donors (Lipinski definition) is 1. The highest BCUT2D eigenvalue weighted by Gasteiger charge is 2.14. The Hall–Kier alpha value is -2.23. The summed E-state index contributed by atoms with van der Waals surface area (Å²) in [6.45, 7) is 1.79. The second kappa shape index (κ2) is 4.33. The van der Waals surface area contributed by atoms with Crippen molar-refractivity contribution in [3.8, 4) is 11.1 Å². The van der Waals surface area contributed by atoms with Crippen molar-refractivity contribution in [2.75, 3.05) is 0 Å². The molecular formula is C13H10FNO2. The second-order valence-corrected chi connectivity index (χ2v) is 3.71. The molecule has 3 nitrogen and oxygen atoms in total. The van der Waals surface area contributed by atoms with Crippen LogP contribution in [0.4, 0.5) is 4.39 Å². The normalized spacial score (nSPS) is 10.2. The molecule has 0 radical (unpaired) electrons. The lowest BCUT2D eigenvalue weighted by molar-refractivity contribution is 0.0697. The summed E-state index contributed by atoms with van der Waals surface area (Å²) in [5.74, 6) is -1.60. The zero-order valence-electron chi connectivity index (χ0n) is 9.14. The predicted octanol–water partition coefficient (Wildman–Crippen LogP) is 2.89. The molecule has 1 aromatic heterocycles. The molecule has 0 saturated carbocycles. The van der Waals surface area contributed by atoms with Crippen molar-refractivity contribution in [3.05, 3.63) is 53.6 Å². The summed E-state index contributed by atoms with van der Waals surface area (Å²) in [5.41, 5.74) is 1.52. The molecule has 0 atom stereocenters. The monoisotopic (exact) mass is 231 g/mol. The lowest BCUT2D eigenvalue weighted by Crippen LogP contribution is -2.01. The number of halogens is 1. The van der Waals surface area contributed by atoms with Gasteiger partial charge in [-0.2, -0.15) is 0 Å². The van der Waals surface area contributed by atoms with Crippen LogP contribution in [-0.4, -0.2) is 16.1 Å². The molecule has 17 heavy (non-hydrogen) atoms. The first-order valence-electron chi connectivity index (χ1n) is 5.03. The van der Waals surface area contributed by atoms with Gasteiger partial charge in [-0.1, -0.05) is 17.7 Å². The molecule has 0 amide bonds. The summed E-state index contributed by atoms with van der Waals surface area (Å²) >= 11 is 0. The van der Waals surface area contributed by atoms with E-state index in [2.05, 4.69) is 4.98 Å². The Morgan fingerprint density at radius 1 is 1.29 bits per heavy atom. The van der Waals surface area contributed by atoms with Crippen molar-refractivity contribution >= 4 is 5.97 Å². The minimum atomic E-state index is -1.07. The van der Waals surface area contributed by atoms with Crippen LogP contribution in [0.15, 0.2) is 36.7 Å². The van der Waals surface area contributed by atoms with Crippen LogP contribution in [0.25, 0.3) is 11.1 Å². The van der Waals surface area contributed by atoms with E-state index >= 15 is 0 Å². The number of rotatable bonds is 2. The van der Waals surface area contributed by atoms with Gasteiger partial charge in [0, 0.05) is 11.8 Å². The fourth-order valence-electron chi connectivity index (χ4n) is 1.66. The fourth-order valence-corrected chi connectivity index (χ4v) is 1.66. The van der Waals surface area contributed by atoms with Gasteiger partial charge in [0.25, 0.3) is 0 Å². The van der Waals surface area contributed by atoms with Crippen molar-refractivity contribution in [1.29, 1.82) is 0 Å². The first-order chi connectivity index (χ1) is 8.09. The average Bonchev–Trinajstić information content (AvgIpc) is 2.30. The average molecular weight is 231 g/mol. The van der Waals surface area contributed by atoms with Gasteiger partial charge in [-0.3, -0.25) is 4.98 Å². The largest absolute Gasteiger partial charge is 0.478 e. The zero-order chi connectivity index (χ0) is 12.4. The van der Waals surface area contributed by atoms with Crippen LogP contribution in [0.5, 0.6) is 0 Å². The number of carboxylic acid groups (broad SMARTS) is 1. The quantitative estimate of drug-likeness (QED) is 0.864. The number of benzene rings is 1. The molecule has 1 aromatic carbocycles. The Bertz CT molecular complexity index is 581. The number of aromatic carboxylic acids is 1. The zero-order valence-corrected chi connectivity index (χ0v) is 9.14. The maximum absolute atomic E-state index is 13.6. The minimum absolute atomic E-state index is 0.0927. The number of carboxylic acids is 1. The van der Waals surface area contributed by atoms with Crippen LogP contribution in [0.1, 0.15) is 15.9 Å². The number of hydrogen-bond acceptors (Lipinski definition) is 2. The second-order valence-electron chi connectivity index (χ2n) is 3.71. The summed E-state index contributed by atoms with van der Waals surface area (Å²) in [6, 6.07) is 6.35. The lowest BCUT2D eigenvalue weighted by Gasteiger charge is -2.07. The van der Waals surface area contributed by atoms with Gasteiger partial charge >= 0.3 is 5.97 Å². The maximum Gasteiger partial charge on any atom is 0.336 e. The number of pyridine rings is 1. The standard InChI is InChI=1S/C13H10FNO2/c1-8-2-3-9(11(6-8)13(16)17)10-4-5-15-7-12(10)14/h2-7H,1H3,(H,16,17). The molecule has 0 bridgehead atoms. The summed E-state index contributed by atoms with van der Waals surface area (Å²) in [7, 11) is 0. The van der Waals surface area contributed by atoms with E-state index in [1.54, 1.807) is 19.1 Å². The van der Waals surface area contributed by atoms with Crippen LogP contribution in [0.2, 0.25) is 0 Å². The van der Waals surface area contributed by atoms with Gasteiger partial charge in [-0.25, -0.2) is 9.18 Å². The summed E-state index contributed by atoms with van der Waals surface area (Å²) in [4.78, 5) is 14.8. The Balaban J connectivity index is 2.68. The van der Waals surface area contributed by atoms with Crippen molar-refractivity contribution in [1.82, 2.24) is 4.98 Å². The molecule has 2 rings (SSSR count). The molecule has 0 aliphatic rings. The van der Waals surface area contributed by atoms with E-state index in [-0.39, 0.29) is 11.1 Å². The fraction of sp³-hybridized carbons (Fsp3) is 0.0769. The number of aryl methyl sites for hydroxylation is 1. The highest BCUT2D eigenvalue weighted by Crippen LogP contribution is 2.26. The minimum Gasteiger partial charge on any atom is -0.478 e. The lowest BCUT2D eigenvalue weighted by atomic mass is 9.98. The van der Waals surface area contributed by atoms with Gasteiger partial charge in [0.2, 0.25) is 0 Å². The molecule has 0 aliphatic carbocycles. The Labute approximate surface area is 97.6 Å². The molecule has 1 N–H and O–H groups in total. The van der Waals surface area contributed by atoms with Crippen LogP contribution >= 0.6 is 0 Å². The Kier molecular flexibility index (Phi) is 2.87. The van der Waals surface area contributed by atoms with Gasteiger partial charge in [0.05, 0.1) is 11.8 Å². The van der Waals surface area contributed by atoms with E-state index in [9.17, 15) is 9.18 Å². The topological polar surface area (TPSA) is 50.2 Å². The maximum atomic E-state index is 13.6. The van der Waals surface area contributed by atoms with Crippen molar-refractivity contribution in [2.24, 2.45) is 0 Å². The third-order valence-electron chi connectivity index (χ3n) is 2.47. The predicted molar refractivity (Wildman–Crippen MR) is 61.3 cm³/mol. The SMILES string of the molecule is Cc1ccc(-c2ccncc2F)c(C(=O)O)c1. The summed E-state index contributed by atoms with van der Waals surface area (Å²) < 4.78 is 13.6. The molecule has 0 fully saturated rings. The summed E-state index contributed by atoms with van der Waals surface area (Å²) in [5, 5.41) is 9.10. The highest BCUT2D eigenvalue weighted by atomic mass is 19.1. The van der Waals surface area contributed by atoms with E-state index in [1.807, 2.05) is 0 Å². The molecule has 4 heteroatoms. The van der Waals surface area contributed by atoms with E-state index in [1.165, 1.54) is 18.3 Å². The molecule has 0 saturated heterocycles. The smallest absolute Gasteiger partial charge is 0.336 e. The van der Waals surface area contributed by atoms with Crippen molar-refractivity contribution in [3.63, 3.8) is 0 Å². The van der Waals surface area contributed by atoms with Crippen LogP contribution in [0.3, 0.4) is 0 Å². The van der Waals surface area contributed by atoms with Crippen molar-refractivity contribution < 1.29 is 14.3 Å². The number of nitrogens with zero attached hydrogens (tertiary/aromatic N) is 1. The van der Waals surface area contributed by atoms with Crippen LogP contribution < -0.4 is 0 Å². The third kappa shape index (κ3) is 2.15. The molecule has 0 spiro atoms. The van der Waals surface area contributed by atoms with Gasteiger partial charge < -0.3 is 5.11 Å². The molecule has 1 heterocycles. The van der Waals surface area contributed by atoms with Gasteiger partial charge in [-0.05, 0) is 24.6 Å². The summed E-state index contributed by atoms with van der Waals surface area (Å²) in [6.07, 6.45) is 2.50. The van der Waals surface area contributed by atoms with Crippen molar-refractivity contribution in [2.45, 2.75) is 6.92 Å². The van der Waals surface area contributed by atoms with E-state index in [4.69, 9.17) is 5.11 Å². The third-order valence-corrected chi connectivity index (χ3v) is 2.47. The molecule has 0 aliphatic heterocycles. The Morgan fingerprint density at radius 2 is 2.06 bits per heavy atom. The molecule has 2 aromatic rings. The van der Waals surface area contributed by atoms with Crippen LogP contribution in [0, 0.1) is 12.7 Å². The van der Waals surface area contributed by atoms with E-state index in [0.29, 0.717) is 5.56 Å². The van der Waals surface area contributed by atoms with Gasteiger partial charge in [0.15, 0.2) is 0 Å². The highest BCUT2D eigenvalue weighted by molar-refractivity contribution is 5.96. The molecule has 86 valence electrons.